The van der Waals surface area contributed by atoms with E-state index in [1.165, 1.54) is 32.6 Å². The molecule has 3 aromatic carbocycles. The second-order valence-corrected chi connectivity index (χ2v) is 10.7. The highest BCUT2D eigenvalue weighted by Crippen LogP contribution is 2.14. The van der Waals surface area contributed by atoms with Gasteiger partial charge in [-0.25, -0.2) is 4.98 Å². The van der Waals surface area contributed by atoms with E-state index in [0.717, 1.165) is 11.1 Å². The molecule has 0 spiro atoms. The number of hydrogen-bond donors (Lipinski definition) is 4. The maximum absolute atomic E-state index is 13.8. The number of aromatic nitrogens is 2. The molecule has 4 N–H and O–H groups in total. The number of nitrogens with one attached hydrogen (secondary N) is 4. The smallest absolute Gasteiger partial charge is 0.289 e. The van der Waals surface area contributed by atoms with Gasteiger partial charge in [0.15, 0.2) is 0 Å². The minimum absolute atomic E-state index is 0.0208. The predicted octanol–water partition coefficient (Wildman–Crippen LogP) is 1.94. The highest BCUT2D eigenvalue weighted by Gasteiger charge is 2.31. The zero-order valence-corrected chi connectivity index (χ0v) is 26.0. The van der Waals surface area contributed by atoms with Gasteiger partial charge in [-0.05, 0) is 35.7 Å². The standard InChI is InChI=1S/C35H36N6O6/c1-23(39-34(45)30-22-36-17-18-37-30)32(43)41-29(20-25-13-15-27(47-2)16-14-25)33(44)40-28(19-24-9-5-3-6-10-24)31(42)35(46)38-21-26-11-7-4-8-12-26/h3-18,22-23,28-29H,19-21H2,1-2H3,(H,38,46)(H,39,45)(H,40,44)(H,41,43)/t23-,28-,29-/m0/s1. The van der Waals surface area contributed by atoms with E-state index in [4.69, 9.17) is 4.74 Å². The molecule has 47 heavy (non-hydrogen) atoms. The third kappa shape index (κ3) is 10.3. The Balaban J connectivity index is 1.52. The number of methoxy groups -OCH3 is 1. The molecular formula is C35H36N6O6. The number of ether oxygens (including phenoxy) is 1. The Hall–Kier alpha value is -5.91. The minimum Gasteiger partial charge on any atom is -0.497 e. The molecule has 0 radical (unpaired) electrons. The number of Topliss-reactive ketones (excluding diaryl/α,β-unsaturated/α-hetero) is 1. The van der Waals surface area contributed by atoms with Gasteiger partial charge in [0.1, 0.15) is 29.6 Å². The van der Waals surface area contributed by atoms with Gasteiger partial charge in [0.2, 0.25) is 17.6 Å². The monoisotopic (exact) mass is 636 g/mol. The van der Waals surface area contributed by atoms with Crippen LogP contribution in [0.1, 0.15) is 34.1 Å². The average molecular weight is 637 g/mol. The largest absolute Gasteiger partial charge is 0.497 e. The lowest BCUT2D eigenvalue weighted by atomic mass is 9.99. The fraction of sp³-hybridized carbons (Fsp3) is 0.229. The maximum atomic E-state index is 13.8. The van der Waals surface area contributed by atoms with E-state index in [1.54, 1.807) is 48.5 Å². The summed E-state index contributed by atoms with van der Waals surface area (Å²) in [6.07, 6.45) is 4.11. The Kier molecular flexibility index (Phi) is 12.3. The van der Waals surface area contributed by atoms with Crippen LogP contribution in [-0.4, -0.2) is 64.6 Å². The molecule has 0 fully saturated rings. The van der Waals surface area contributed by atoms with Crippen LogP contribution in [0.4, 0.5) is 0 Å². The summed E-state index contributed by atoms with van der Waals surface area (Å²) < 4.78 is 5.22. The summed E-state index contributed by atoms with van der Waals surface area (Å²) in [7, 11) is 1.53. The van der Waals surface area contributed by atoms with Crippen LogP contribution in [0.5, 0.6) is 5.75 Å². The summed E-state index contributed by atoms with van der Waals surface area (Å²) in [5.41, 5.74) is 2.24. The van der Waals surface area contributed by atoms with Crippen LogP contribution in [0.3, 0.4) is 0 Å². The number of hydrogen-bond acceptors (Lipinski definition) is 8. The first-order valence-corrected chi connectivity index (χ1v) is 14.9. The lowest BCUT2D eigenvalue weighted by molar-refractivity contribution is -0.140. The summed E-state index contributed by atoms with van der Waals surface area (Å²) in [6, 6.07) is 21.5. The van der Waals surface area contributed by atoms with Gasteiger partial charge < -0.3 is 26.0 Å². The molecule has 4 aromatic rings. The van der Waals surface area contributed by atoms with Crippen LogP contribution < -0.4 is 26.0 Å². The van der Waals surface area contributed by atoms with Crippen molar-refractivity contribution in [3.05, 3.63) is 126 Å². The van der Waals surface area contributed by atoms with Crippen LogP contribution in [0.2, 0.25) is 0 Å². The van der Waals surface area contributed by atoms with Crippen molar-refractivity contribution in [3.8, 4) is 5.75 Å². The molecule has 1 heterocycles. The van der Waals surface area contributed by atoms with E-state index >= 15 is 0 Å². The third-order valence-corrected chi connectivity index (χ3v) is 7.20. The van der Waals surface area contributed by atoms with E-state index in [9.17, 15) is 24.0 Å². The molecule has 0 saturated heterocycles. The molecule has 0 saturated carbocycles. The first-order chi connectivity index (χ1) is 22.7. The van der Waals surface area contributed by atoms with Crippen LogP contribution in [-0.2, 0) is 38.6 Å². The normalized spacial score (nSPS) is 12.5. The van der Waals surface area contributed by atoms with Crippen LogP contribution in [0.25, 0.3) is 0 Å². The van der Waals surface area contributed by atoms with Crippen molar-refractivity contribution >= 4 is 29.4 Å². The van der Waals surface area contributed by atoms with Crippen LogP contribution >= 0.6 is 0 Å². The Morgan fingerprint density at radius 2 is 1.30 bits per heavy atom. The zero-order valence-electron chi connectivity index (χ0n) is 26.0. The first kappa shape index (κ1) is 34.0. The maximum Gasteiger partial charge on any atom is 0.289 e. The van der Waals surface area contributed by atoms with Gasteiger partial charge in [-0.15, -0.1) is 0 Å². The number of amides is 4. The molecule has 3 atom stereocenters. The minimum atomic E-state index is -1.23. The van der Waals surface area contributed by atoms with Gasteiger partial charge in [-0.1, -0.05) is 72.8 Å². The van der Waals surface area contributed by atoms with E-state index in [2.05, 4.69) is 31.2 Å². The van der Waals surface area contributed by atoms with Crippen LogP contribution in [0.15, 0.2) is 104 Å². The second-order valence-electron chi connectivity index (χ2n) is 10.7. The van der Waals surface area contributed by atoms with Crippen molar-refractivity contribution in [2.75, 3.05) is 7.11 Å². The third-order valence-electron chi connectivity index (χ3n) is 7.20. The van der Waals surface area contributed by atoms with Crippen molar-refractivity contribution < 1.29 is 28.7 Å². The SMILES string of the molecule is COc1ccc(C[C@H](NC(=O)[C@H](C)NC(=O)c2cnccn2)C(=O)N[C@@H](Cc2ccccc2)C(=O)C(=O)NCc2ccccc2)cc1. The molecule has 12 heteroatoms. The van der Waals surface area contributed by atoms with Gasteiger partial charge in [0.05, 0.1) is 13.3 Å². The number of ketones is 1. The van der Waals surface area contributed by atoms with Gasteiger partial charge in [-0.3, -0.25) is 29.0 Å². The molecule has 0 aliphatic heterocycles. The van der Waals surface area contributed by atoms with Crippen molar-refractivity contribution in [1.29, 1.82) is 0 Å². The number of nitrogens with zero attached hydrogens (tertiary/aromatic N) is 2. The van der Waals surface area contributed by atoms with E-state index in [0.29, 0.717) is 11.3 Å². The highest BCUT2D eigenvalue weighted by molar-refractivity contribution is 6.38. The summed E-state index contributed by atoms with van der Waals surface area (Å²) in [5, 5.41) is 10.6. The molecule has 1 aromatic heterocycles. The van der Waals surface area contributed by atoms with Crippen LogP contribution in [0, 0.1) is 0 Å². The Bertz CT molecular complexity index is 1650. The zero-order chi connectivity index (χ0) is 33.6. The fourth-order valence-corrected chi connectivity index (χ4v) is 4.61. The summed E-state index contributed by atoms with van der Waals surface area (Å²) in [5.74, 6) is -3.04. The topological polar surface area (TPSA) is 168 Å². The molecule has 4 amide bonds. The van der Waals surface area contributed by atoms with E-state index < -0.39 is 47.5 Å². The lowest BCUT2D eigenvalue weighted by Gasteiger charge is -2.24. The number of carbonyl (C=O) groups excluding carboxylic acids is 5. The summed E-state index contributed by atoms with van der Waals surface area (Å²) >= 11 is 0. The highest BCUT2D eigenvalue weighted by atomic mass is 16.5. The number of benzene rings is 3. The molecule has 4 rings (SSSR count). The number of rotatable bonds is 15. The summed E-state index contributed by atoms with van der Waals surface area (Å²) in [4.78, 5) is 73.9. The van der Waals surface area contributed by atoms with Crippen molar-refractivity contribution in [1.82, 2.24) is 31.2 Å². The van der Waals surface area contributed by atoms with Crippen molar-refractivity contribution in [3.63, 3.8) is 0 Å². The van der Waals surface area contributed by atoms with Gasteiger partial charge in [0, 0.05) is 31.8 Å². The molecule has 0 bridgehead atoms. The van der Waals surface area contributed by atoms with E-state index in [-0.39, 0.29) is 25.1 Å². The van der Waals surface area contributed by atoms with Crippen molar-refractivity contribution in [2.45, 2.75) is 44.4 Å². The Labute approximate surface area is 272 Å². The summed E-state index contributed by atoms with van der Waals surface area (Å²) in [6.45, 7) is 1.59. The molecule has 0 unspecified atom stereocenters. The number of carbonyl (C=O) groups is 5. The molecule has 12 nitrogen and oxygen atoms in total. The van der Waals surface area contributed by atoms with Gasteiger partial charge >= 0.3 is 0 Å². The Morgan fingerprint density at radius 1 is 0.702 bits per heavy atom. The van der Waals surface area contributed by atoms with E-state index in [1.807, 2.05) is 36.4 Å². The molecule has 0 aliphatic carbocycles. The fourth-order valence-electron chi connectivity index (χ4n) is 4.61. The quantitative estimate of drug-likeness (QED) is 0.144. The molecular weight excluding hydrogens is 600 g/mol. The lowest BCUT2D eigenvalue weighted by Crippen LogP contribution is -2.57. The molecule has 242 valence electrons. The van der Waals surface area contributed by atoms with Gasteiger partial charge in [0.25, 0.3) is 11.8 Å². The van der Waals surface area contributed by atoms with Gasteiger partial charge in [-0.2, -0.15) is 0 Å². The average Bonchev–Trinajstić information content (AvgIpc) is 3.11. The first-order valence-electron chi connectivity index (χ1n) is 14.9. The Morgan fingerprint density at radius 3 is 1.91 bits per heavy atom. The second kappa shape index (κ2) is 17.0. The van der Waals surface area contributed by atoms with Crippen molar-refractivity contribution in [2.24, 2.45) is 0 Å². The molecule has 0 aliphatic rings. The predicted molar refractivity (Wildman–Crippen MR) is 173 cm³/mol.